The molecule has 0 saturated carbocycles. The molecule has 0 unspecified atom stereocenters. The van der Waals surface area contributed by atoms with Crippen LogP contribution in [0.25, 0.3) is 99.1 Å². The van der Waals surface area contributed by atoms with Gasteiger partial charge in [0.05, 0.1) is 44.5 Å². The molecule has 1 spiro atoms. The Hall–Kier alpha value is -9.70. The molecule has 344 valence electrons. The molecule has 0 radical (unpaired) electrons. The average molecular weight is 940 g/mol. The maximum Gasteiger partial charge on any atom is 0.0726 e. The van der Waals surface area contributed by atoms with E-state index in [1.807, 2.05) is 0 Å². The third-order valence-electron chi connectivity index (χ3n) is 16.3. The number of fused-ring (bicyclic) bond motifs is 17. The first-order valence-electron chi connectivity index (χ1n) is 25.7. The van der Waals surface area contributed by atoms with E-state index in [0.717, 1.165) is 33.8 Å². The van der Waals surface area contributed by atoms with Gasteiger partial charge in [-0.05, 0) is 111 Å². The fourth-order valence-electron chi connectivity index (χ4n) is 13.5. The Bertz CT molecular complexity index is 4580. The van der Waals surface area contributed by atoms with E-state index >= 15 is 0 Å². The summed E-state index contributed by atoms with van der Waals surface area (Å²) >= 11 is 0. The Morgan fingerprint density at radius 1 is 0.324 bits per heavy atom. The first-order valence-corrected chi connectivity index (χ1v) is 25.7. The number of benzene rings is 12. The van der Waals surface area contributed by atoms with Crippen LogP contribution < -0.4 is 4.90 Å². The minimum absolute atomic E-state index is 0.497. The molecule has 3 heteroatoms. The summed E-state index contributed by atoms with van der Waals surface area (Å²) in [7, 11) is 0. The highest BCUT2D eigenvalue weighted by molar-refractivity contribution is 6.18. The lowest BCUT2D eigenvalue weighted by atomic mass is 9.70. The third kappa shape index (κ3) is 5.50. The molecule has 2 heterocycles. The highest BCUT2D eigenvalue weighted by Gasteiger charge is 2.52. The summed E-state index contributed by atoms with van der Waals surface area (Å²) in [4.78, 5) is 2.58. The first-order chi connectivity index (χ1) is 36.8. The maximum absolute atomic E-state index is 2.58. The second-order valence-electron chi connectivity index (χ2n) is 19.9. The molecule has 14 aromatic rings. The van der Waals surface area contributed by atoms with Gasteiger partial charge in [0, 0.05) is 49.4 Å². The van der Waals surface area contributed by atoms with E-state index in [-0.39, 0.29) is 0 Å². The SMILES string of the molecule is c1ccc(-n2c3ccccc3c3c(N(c4cccc(-c5cccc6c7ccccc7n(-c7cccc8ccccc78)c56)c4)c4cccc5c4-c4ccccc4C54c5ccccc5-c5ccccc54)cccc32)cc1. The maximum atomic E-state index is 2.58. The highest BCUT2D eigenvalue weighted by Crippen LogP contribution is 2.65. The summed E-state index contributed by atoms with van der Waals surface area (Å²) in [6.45, 7) is 0. The Kier molecular flexibility index (Phi) is 8.66. The molecule has 2 aliphatic carbocycles. The van der Waals surface area contributed by atoms with Gasteiger partial charge in [-0.3, -0.25) is 0 Å². The van der Waals surface area contributed by atoms with Gasteiger partial charge >= 0.3 is 0 Å². The van der Waals surface area contributed by atoms with Crippen molar-refractivity contribution in [3.8, 4) is 44.8 Å². The Labute approximate surface area is 428 Å². The summed E-state index contributed by atoms with van der Waals surface area (Å²) in [6.07, 6.45) is 0. The summed E-state index contributed by atoms with van der Waals surface area (Å²) in [5.41, 5.74) is 22.6. The summed E-state index contributed by atoms with van der Waals surface area (Å²) in [6, 6.07) is 102. The molecule has 0 saturated heterocycles. The van der Waals surface area contributed by atoms with Crippen LogP contribution in [0.5, 0.6) is 0 Å². The minimum atomic E-state index is -0.497. The van der Waals surface area contributed by atoms with Crippen molar-refractivity contribution < 1.29 is 0 Å². The van der Waals surface area contributed by atoms with Crippen LogP contribution in [-0.2, 0) is 5.41 Å². The van der Waals surface area contributed by atoms with Crippen LogP contribution in [-0.4, -0.2) is 9.13 Å². The van der Waals surface area contributed by atoms with E-state index in [9.17, 15) is 0 Å². The Morgan fingerprint density at radius 3 is 1.65 bits per heavy atom. The monoisotopic (exact) mass is 939 g/mol. The predicted octanol–water partition coefficient (Wildman–Crippen LogP) is 18.5. The minimum Gasteiger partial charge on any atom is -0.309 e. The Morgan fingerprint density at radius 2 is 0.851 bits per heavy atom. The molecule has 3 nitrogen and oxygen atoms in total. The largest absolute Gasteiger partial charge is 0.309 e. The van der Waals surface area contributed by atoms with Crippen molar-refractivity contribution in [3.05, 3.63) is 295 Å². The van der Waals surface area contributed by atoms with Crippen molar-refractivity contribution in [2.75, 3.05) is 4.90 Å². The zero-order valence-electron chi connectivity index (χ0n) is 40.3. The summed E-state index contributed by atoms with van der Waals surface area (Å²) < 4.78 is 4.94. The molecule has 12 aromatic carbocycles. The first kappa shape index (κ1) is 41.0. The predicted molar refractivity (Wildman–Crippen MR) is 309 cm³/mol. The molecular weight excluding hydrogens is 895 g/mol. The lowest BCUT2D eigenvalue weighted by Crippen LogP contribution is -2.26. The van der Waals surface area contributed by atoms with Gasteiger partial charge < -0.3 is 14.0 Å². The number of anilines is 3. The van der Waals surface area contributed by atoms with Crippen LogP contribution in [0, 0.1) is 0 Å². The van der Waals surface area contributed by atoms with Crippen LogP contribution in [0.3, 0.4) is 0 Å². The van der Waals surface area contributed by atoms with Gasteiger partial charge in [0.15, 0.2) is 0 Å². The normalized spacial score (nSPS) is 13.0. The molecular formula is C71H45N3. The van der Waals surface area contributed by atoms with E-state index in [2.05, 4.69) is 287 Å². The molecule has 0 N–H and O–H groups in total. The second kappa shape index (κ2) is 15.6. The van der Waals surface area contributed by atoms with Gasteiger partial charge in [0.2, 0.25) is 0 Å². The van der Waals surface area contributed by atoms with Crippen molar-refractivity contribution in [2.45, 2.75) is 5.41 Å². The molecule has 2 aliphatic rings. The molecule has 0 atom stereocenters. The van der Waals surface area contributed by atoms with E-state index in [1.165, 1.54) is 105 Å². The average Bonchev–Trinajstić information content (AvgIpc) is 4.20. The smallest absolute Gasteiger partial charge is 0.0726 e. The van der Waals surface area contributed by atoms with Crippen LogP contribution in [0.1, 0.15) is 22.3 Å². The lowest BCUT2D eigenvalue weighted by Gasteiger charge is -2.32. The van der Waals surface area contributed by atoms with Gasteiger partial charge in [-0.2, -0.15) is 0 Å². The van der Waals surface area contributed by atoms with E-state index < -0.39 is 5.41 Å². The quantitative estimate of drug-likeness (QED) is 0.162. The van der Waals surface area contributed by atoms with Crippen LogP contribution in [0.2, 0.25) is 0 Å². The number of aromatic nitrogens is 2. The van der Waals surface area contributed by atoms with Crippen molar-refractivity contribution >= 4 is 71.4 Å². The second-order valence-corrected chi connectivity index (χ2v) is 19.9. The van der Waals surface area contributed by atoms with Crippen LogP contribution >= 0.6 is 0 Å². The van der Waals surface area contributed by atoms with Crippen LogP contribution in [0.15, 0.2) is 273 Å². The molecule has 74 heavy (non-hydrogen) atoms. The van der Waals surface area contributed by atoms with Crippen molar-refractivity contribution in [2.24, 2.45) is 0 Å². The molecule has 2 aromatic heterocycles. The number of para-hydroxylation sites is 4. The zero-order chi connectivity index (χ0) is 48.5. The highest BCUT2D eigenvalue weighted by atomic mass is 15.2. The van der Waals surface area contributed by atoms with E-state index in [4.69, 9.17) is 0 Å². The van der Waals surface area contributed by atoms with Crippen LogP contribution in [0.4, 0.5) is 17.1 Å². The Balaban J connectivity index is 1.01. The van der Waals surface area contributed by atoms with E-state index in [0.29, 0.717) is 0 Å². The van der Waals surface area contributed by atoms with Gasteiger partial charge in [0.1, 0.15) is 0 Å². The number of rotatable bonds is 6. The van der Waals surface area contributed by atoms with Crippen molar-refractivity contribution in [1.82, 2.24) is 9.13 Å². The van der Waals surface area contributed by atoms with Gasteiger partial charge in [0.25, 0.3) is 0 Å². The fraction of sp³-hybridized carbons (Fsp3) is 0.0141. The topological polar surface area (TPSA) is 13.1 Å². The third-order valence-corrected chi connectivity index (χ3v) is 16.3. The lowest BCUT2D eigenvalue weighted by molar-refractivity contribution is 0.794. The van der Waals surface area contributed by atoms with Crippen molar-refractivity contribution in [3.63, 3.8) is 0 Å². The zero-order valence-corrected chi connectivity index (χ0v) is 40.3. The van der Waals surface area contributed by atoms with Gasteiger partial charge in [-0.25, -0.2) is 0 Å². The molecule has 0 fully saturated rings. The van der Waals surface area contributed by atoms with Gasteiger partial charge in [-0.1, -0.05) is 212 Å². The molecule has 16 rings (SSSR count). The summed E-state index contributed by atoms with van der Waals surface area (Å²) in [5, 5.41) is 7.31. The number of hydrogen-bond acceptors (Lipinski definition) is 1. The van der Waals surface area contributed by atoms with Crippen molar-refractivity contribution in [1.29, 1.82) is 0 Å². The standard InChI is InChI=1S/C71H45N3/c1-2-24-48(25-3-1)72-64-40-15-10-32-57(64)69-66(72)43-20-44-67(69)73(65-42-19-38-61-68(65)56-31-8-13-37-60(56)71(61)58-35-11-6-28-52(58)53-29-7-12-36-59(53)71)49-26-16-23-47(45-49)51-33-18-34-55-54-30-9-14-39-63(54)74(70(51)55)62-41-17-22-46-21-4-5-27-50(46)62/h1-45H. The fourth-order valence-corrected chi connectivity index (χ4v) is 13.5. The summed E-state index contributed by atoms with van der Waals surface area (Å²) in [5.74, 6) is 0. The molecule has 0 bridgehead atoms. The molecule has 0 amide bonds. The van der Waals surface area contributed by atoms with E-state index in [1.54, 1.807) is 0 Å². The molecule has 0 aliphatic heterocycles. The number of hydrogen-bond donors (Lipinski definition) is 0. The number of nitrogens with zero attached hydrogens (tertiary/aromatic N) is 3. The van der Waals surface area contributed by atoms with Gasteiger partial charge in [-0.15, -0.1) is 0 Å².